The molecule has 0 aliphatic heterocycles. The molecule has 0 unspecified atom stereocenters. The SMILES string of the molecule is COc1ccc(C)c(OC)c1-c1c(OC)ccc(C)c1OC. The summed E-state index contributed by atoms with van der Waals surface area (Å²) in [5.41, 5.74) is 3.71. The van der Waals surface area contributed by atoms with Crippen LogP contribution in [0.25, 0.3) is 11.1 Å². The van der Waals surface area contributed by atoms with E-state index in [-0.39, 0.29) is 0 Å². The Kier molecular flexibility index (Phi) is 4.81. The Morgan fingerprint density at radius 3 is 1.18 bits per heavy atom. The lowest BCUT2D eigenvalue weighted by Gasteiger charge is -2.20. The second-order valence-electron chi connectivity index (χ2n) is 4.99. The summed E-state index contributed by atoms with van der Waals surface area (Å²) in [6.07, 6.45) is 0. The van der Waals surface area contributed by atoms with Crippen LogP contribution >= 0.6 is 0 Å². The van der Waals surface area contributed by atoms with Gasteiger partial charge in [-0.05, 0) is 37.1 Å². The highest BCUT2D eigenvalue weighted by Crippen LogP contribution is 2.49. The Morgan fingerprint density at radius 1 is 0.545 bits per heavy atom. The molecule has 0 aliphatic carbocycles. The topological polar surface area (TPSA) is 36.9 Å². The van der Waals surface area contributed by atoms with E-state index in [1.807, 2.05) is 38.1 Å². The van der Waals surface area contributed by atoms with E-state index in [0.29, 0.717) is 11.5 Å². The van der Waals surface area contributed by atoms with Crippen LogP contribution in [-0.4, -0.2) is 28.4 Å². The molecule has 0 aromatic heterocycles. The third kappa shape index (κ3) is 2.56. The molecule has 0 N–H and O–H groups in total. The Morgan fingerprint density at radius 2 is 0.909 bits per heavy atom. The zero-order valence-corrected chi connectivity index (χ0v) is 13.9. The van der Waals surface area contributed by atoms with Crippen molar-refractivity contribution in [1.82, 2.24) is 0 Å². The van der Waals surface area contributed by atoms with Crippen LogP contribution in [0.15, 0.2) is 24.3 Å². The molecule has 0 atom stereocenters. The Hall–Kier alpha value is -2.36. The largest absolute Gasteiger partial charge is 0.496 e. The lowest BCUT2D eigenvalue weighted by atomic mass is 9.96. The van der Waals surface area contributed by atoms with Gasteiger partial charge in [-0.15, -0.1) is 0 Å². The lowest BCUT2D eigenvalue weighted by molar-refractivity contribution is 0.384. The summed E-state index contributed by atoms with van der Waals surface area (Å²) in [7, 11) is 6.59. The van der Waals surface area contributed by atoms with E-state index in [2.05, 4.69) is 0 Å². The predicted octanol–water partition coefficient (Wildman–Crippen LogP) is 4.00. The van der Waals surface area contributed by atoms with Crippen molar-refractivity contribution in [3.8, 4) is 34.1 Å². The van der Waals surface area contributed by atoms with Crippen molar-refractivity contribution in [3.05, 3.63) is 35.4 Å². The molecule has 0 saturated heterocycles. The minimum absolute atomic E-state index is 0.713. The number of hydrogen-bond donors (Lipinski definition) is 0. The van der Waals surface area contributed by atoms with E-state index >= 15 is 0 Å². The van der Waals surface area contributed by atoms with Crippen molar-refractivity contribution < 1.29 is 18.9 Å². The van der Waals surface area contributed by atoms with Gasteiger partial charge in [-0.25, -0.2) is 0 Å². The van der Waals surface area contributed by atoms with Crippen molar-refractivity contribution in [2.45, 2.75) is 13.8 Å². The fourth-order valence-corrected chi connectivity index (χ4v) is 2.68. The average Bonchev–Trinajstić information content (AvgIpc) is 2.54. The maximum Gasteiger partial charge on any atom is 0.133 e. The van der Waals surface area contributed by atoms with Crippen LogP contribution in [-0.2, 0) is 0 Å². The maximum atomic E-state index is 5.62. The summed E-state index contributed by atoms with van der Waals surface area (Å²) in [5, 5.41) is 0. The predicted molar refractivity (Wildman–Crippen MR) is 87.6 cm³/mol. The van der Waals surface area contributed by atoms with Crippen LogP contribution in [0.3, 0.4) is 0 Å². The zero-order chi connectivity index (χ0) is 16.3. The molecule has 2 aromatic carbocycles. The molecule has 4 nitrogen and oxygen atoms in total. The van der Waals surface area contributed by atoms with Crippen LogP contribution in [0.5, 0.6) is 23.0 Å². The number of hydrogen-bond acceptors (Lipinski definition) is 4. The standard InChI is InChI=1S/C18H22O4/c1-11-7-9-13(19-3)15(17(11)21-5)16-14(20-4)10-8-12(2)18(16)22-6/h7-10H,1-6H3. The summed E-state index contributed by atoms with van der Waals surface area (Å²) in [4.78, 5) is 0. The Labute approximate surface area is 131 Å². The third-order valence-corrected chi connectivity index (χ3v) is 3.73. The molecule has 22 heavy (non-hydrogen) atoms. The zero-order valence-electron chi connectivity index (χ0n) is 13.9. The Bertz CT molecular complexity index is 618. The van der Waals surface area contributed by atoms with E-state index in [9.17, 15) is 0 Å². The van der Waals surface area contributed by atoms with Gasteiger partial charge in [0.25, 0.3) is 0 Å². The van der Waals surface area contributed by atoms with Crippen LogP contribution in [0.1, 0.15) is 11.1 Å². The molecule has 4 heteroatoms. The molecular formula is C18H22O4. The third-order valence-electron chi connectivity index (χ3n) is 3.73. The molecule has 0 spiro atoms. The second kappa shape index (κ2) is 6.60. The van der Waals surface area contributed by atoms with E-state index in [1.54, 1.807) is 28.4 Å². The van der Waals surface area contributed by atoms with Crippen LogP contribution in [0, 0.1) is 13.8 Å². The fourth-order valence-electron chi connectivity index (χ4n) is 2.68. The molecule has 0 heterocycles. The van der Waals surface area contributed by atoms with Gasteiger partial charge in [0.05, 0.1) is 39.6 Å². The van der Waals surface area contributed by atoms with Crippen molar-refractivity contribution in [2.75, 3.05) is 28.4 Å². The molecular weight excluding hydrogens is 280 g/mol. The molecule has 0 aliphatic rings. The monoisotopic (exact) mass is 302 g/mol. The van der Waals surface area contributed by atoms with Gasteiger partial charge in [0.2, 0.25) is 0 Å². The van der Waals surface area contributed by atoms with Crippen molar-refractivity contribution in [2.24, 2.45) is 0 Å². The van der Waals surface area contributed by atoms with Crippen LogP contribution in [0.2, 0.25) is 0 Å². The normalized spacial score (nSPS) is 10.3. The molecule has 0 fully saturated rings. The van der Waals surface area contributed by atoms with Crippen LogP contribution < -0.4 is 18.9 Å². The molecule has 118 valence electrons. The minimum atomic E-state index is 0.713. The maximum absolute atomic E-state index is 5.62. The van der Waals surface area contributed by atoms with Gasteiger partial charge in [0, 0.05) is 0 Å². The minimum Gasteiger partial charge on any atom is -0.496 e. The van der Waals surface area contributed by atoms with Gasteiger partial charge in [0.15, 0.2) is 0 Å². The van der Waals surface area contributed by atoms with Crippen LogP contribution in [0.4, 0.5) is 0 Å². The van der Waals surface area contributed by atoms with E-state index < -0.39 is 0 Å². The highest BCUT2D eigenvalue weighted by molar-refractivity contribution is 5.87. The quantitative estimate of drug-likeness (QED) is 0.836. The number of benzene rings is 2. The highest BCUT2D eigenvalue weighted by atomic mass is 16.5. The first kappa shape index (κ1) is 16.0. The first-order valence-electron chi connectivity index (χ1n) is 7.02. The summed E-state index contributed by atoms with van der Waals surface area (Å²) >= 11 is 0. The van der Waals surface area contributed by atoms with Gasteiger partial charge < -0.3 is 18.9 Å². The lowest BCUT2D eigenvalue weighted by Crippen LogP contribution is -2.00. The van der Waals surface area contributed by atoms with Gasteiger partial charge in [-0.1, -0.05) is 12.1 Å². The smallest absolute Gasteiger partial charge is 0.133 e. The van der Waals surface area contributed by atoms with Crippen molar-refractivity contribution >= 4 is 0 Å². The van der Waals surface area contributed by atoms with E-state index in [0.717, 1.165) is 33.8 Å². The summed E-state index contributed by atoms with van der Waals surface area (Å²) in [5.74, 6) is 2.93. The summed E-state index contributed by atoms with van der Waals surface area (Å²) < 4.78 is 22.3. The summed E-state index contributed by atoms with van der Waals surface area (Å²) in [6, 6.07) is 7.79. The Balaban J connectivity index is 2.92. The fraction of sp³-hybridized carbons (Fsp3) is 0.333. The number of methoxy groups -OCH3 is 4. The van der Waals surface area contributed by atoms with Gasteiger partial charge in [0.1, 0.15) is 23.0 Å². The van der Waals surface area contributed by atoms with Gasteiger partial charge in [-0.3, -0.25) is 0 Å². The van der Waals surface area contributed by atoms with Crippen molar-refractivity contribution in [1.29, 1.82) is 0 Å². The van der Waals surface area contributed by atoms with E-state index in [1.165, 1.54) is 0 Å². The number of rotatable bonds is 5. The average molecular weight is 302 g/mol. The molecule has 2 aromatic rings. The van der Waals surface area contributed by atoms with Gasteiger partial charge >= 0.3 is 0 Å². The first-order chi connectivity index (χ1) is 10.6. The first-order valence-corrected chi connectivity index (χ1v) is 7.02. The molecule has 0 amide bonds. The molecule has 0 radical (unpaired) electrons. The highest BCUT2D eigenvalue weighted by Gasteiger charge is 2.23. The number of aryl methyl sites for hydroxylation is 2. The van der Waals surface area contributed by atoms with E-state index in [4.69, 9.17) is 18.9 Å². The van der Waals surface area contributed by atoms with Crippen molar-refractivity contribution in [3.63, 3.8) is 0 Å². The molecule has 0 bridgehead atoms. The second-order valence-corrected chi connectivity index (χ2v) is 4.99. The van der Waals surface area contributed by atoms with Gasteiger partial charge in [-0.2, -0.15) is 0 Å². The molecule has 0 saturated carbocycles. The summed E-state index contributed by atoms with van der Waals surface area (Å²) in [6.45, 7) is 3.99. The molecule has 2 rings (SSSR count). The number of ether oxygens (including phenoxy) is 4.